The molecule has 0 saturated carbocycles. The van der Waals surface area contributed by atoms with Crippen LogP contribution in [0.3, 0.4) is 0 Å². The van der Waals surface area contributed by atoms with Crippen molar-refractivity contribution in [2.45, 2.75) is 0 Å². The molecule has 0 aliphatic heterocycles. The Kier molecular flexibility index (Phi) is 2.80. The van der Waals surface area contributed by atoms with Crippen molar-refractivity contribution in [3.63, 3.8) is 0 Å². The molecule has 1 aromatic heterocycles. The van der Waals surface area contributed by atoms with Gasteiger partial charge in [-0.3, -0.25) is 4.39 Å². The van der Waals surface area contributed by atoms with Gasteiger partial charge >= 0.3 is 0 Å². The van der Waals surface area contributed by atoms with Crippen molar-refractivity contribution < 1.29 is 8.78 Å². The zero-order chi connectivity index (χ0) is 8.97. The van der Waals surface area contributed by atoms with Gasteiger partial charge in [-0.1, -0.05) is 0 Å². The van der Waals surface area contributed by atoms with E-state index in [1.54, 1.807) is 12.3 Å². The Hall–Kier alpha value is -1.38. The van der Waals surface area contributed by atoms with Crippen molar-refractivity contribution in [1.29, 1.82) is 0 Å². The number of H-pyrrole nitrogens is 1. The molecular weight excluding hydrogens is 160 g/mol. The van der Waals surface area contributed by atoms with Crippen LogP contribution in [0.2, 0.25) is 0 Å². The van der Waals surface area contributed by atoms with Crippen LogP contribution in [0.15, 0.2) is 30.5 Å². The number of aromatic nitrogens is 1. The molecule has 0 amide bonds. The van der Waals surface area contributed by atoms with Gasteiger partial charge in [-0.2, -0.15) is 0 Å². The Morgan fingerprint density at radius 3 is 2.67 bits per heavy atom. The van der Waals surface area contributed by atoms with Gasteiger partial charge in [0.2, 0.25) is 0 Å². The number of nitrogens with one attached hydrogen (secondary N) is 1. The van der Waals surface area contributed by atoms with E-state index in [2.05, 4.69) is 4.98 Å². The largest absolute Gasteiger partial charge is 0.361 e. The Bertz CT molecular complexity index is 354. The highest BCUT2D eigenvalue weighted by Crippen LogP contribution is 2.12. The van der Waals surface area contributed by atoms with Crippen molar-refractivity contribution in [3.05, 3.63) is 36.3 Å². The first-order valence-electron chi connectivity index (χ1n) is 3.47. The molecule has 2 rings (SSSR count). The highest BCUT2D eigenvalue weighted by Gasteiger charge is 1.93. The van der Waals surface area contributed by atoms with Crippen molar-refractivity contribution >= 4 is 10.9 Å². The fourth-order valence-electron chi connectivity index (χ4n) is 1.02. The summed E-state index contributed by atoms with van der Waals surface area (Å²) in [5, 5.41) is 0.917. The summed E-state index contributed by atoms with van der Waals surface area (Å²) < 4.78 is 22.0. The average molecular weight is 169 g/mol. The van der Waals surface area contributed by atoms with Gasteiger partial charge in [0.05, 0.1) is 7.18 Å². The predicted molar refractivity (Wildman–Crippen MR) is 45.3 cm³/mol. The summed E-state index contributed by atoms with van der Waals surface area (Å²) in [5.41, 5.74) is 0.974. The minimum atomic E-state index is -0.188. The average Bonchev–Trinajstić information content (AvgIpc) is 2.54. The van der Waals surface area contributed by atoms with E-state index in [-0.39, 0.29) is 5.82 Å². The summed E-state index contributed by atoms with van der Waals surface area (Å²) in [6.07, 6.45) is 1.80. The zero-order valence-corrected chi connectivity index (χ0v) is 6.64. The molecule has 0 saturated heterocycles. The third-order valence-electron chi connectivity index (χ3n) is 1.52. The van der Waals surface area contributed by atoms with Crippen LogP contribution in [0.4, 0.5) is 8.78 Å². The van der Waals surface area contributed by atoms with Crippen LogP contribution < -0.4 is 0 Å². The molecule has 3 heteroatoms. The molecule has 0 fully saturated rings. The lowest BCUT2D eigenvalue weighted by atomic mass is 10.2. The number of benzene rings is 1. The lowest BCUT2D eigenvalue weighted by Crippen LogP contribution is -1.70. The van der Waals surface area contributed by atoms with Crippen LogP contribution in [0, 0.1) is 5.82 Å². The van der Waals surface area contributed by atoms with Gasteiger partial charge in [-0.15, -0.1) is 0 Å². The first kappa shape index (κ1) is 8.71. The highest BCUT2D eigenvalue weighted by molar-refractivity contribution is 5.78. The summed E-state index contributed by atoms with van der Waals surface area (Å²) in [4.78, 5) is 2.98. The number of hydrogen-bond acceptors (Lipinski definition) is 0. The third kappa shape index (κ3) is 1.61. The number of alkyl halides is 1. The van der Waals surface area contributed by atoms with Gasteiger partial charge in [0.25, 0.3) is 0 Å². The van der Waals surface area contributed by atoms with Gasteiger partial charge in [-0.25, -0.2) is 4.39 Å². The lowest BCUT2D eigenvalue weighted by Gasteiger charge is -1.87. The molecule has 64 valence electrons. The van der Waals surface area contributed by atoms with Crippen molar-refractivity contribution in [1.82, 2.24) is 4.98 Å². The Balaban J connectivity index is 0.000000336. The molecule has 2 aromatic rings. The number of halogens is 2. The van der Waals surface area contributed by atoms with E-state index < -0.39 is 0 Å². The van der Waals surface area contributed by atoms with E-state index >= 15 is 0 Å². The molecule has 0 aliphatic rings. The maximum atomic E-state index is 12.5. The molecule has 1 nitrogen and oxygen atoms in total. The van der Waals surface area contributed by atoms with Crippen LogP contribution >= 0.6 is 0 Å². The molecule has 1 N–H and O–H groups in total. The molecule has 12 heavy (non-hydrogen) atoms. The van der Waals surface area contributed by atoms with Crippen LogP contribution in [-0.2, 0) is 0 Å². The summed E-state index contributed by atoms with van der Waals surface area (Å²) in [7, 11) is 0.500. The normalized spacial score (nSPS) is 9.25. The van der Waals surface area contributed by atoms with Gasteiger partial charge < -0.3 is 4.98 Å². The van der Waals surface area contributed by atoms with E-state index in [0.717, 1.165) is 10.9 Å². The second-order valence-electron chi connectivity index (χ2n) is 2.21. The van der Waals surface area contributed by atoms with Gasteiger partial charge in [0.15, 0.2) is 0 Å². The van der Waals surface area contributed by atoms with Gasteiger partial charge in [0, 0.05) is 17.1 Å². The SMILES string of the molecule is CF.Fc1ccc2[nH]ccc2c1. The summed E-state index contributed by atoms with van der Waals surface area (Å²) in [6.45, 7) is 0. The van der Waals surface area contributed by atoms with Crippen LogP contribution in [0.5, 0.6) is 0 Å². The zero-order valence-electron chi connectivity index (χ0n) is 6.64. The molecule has 1 aromatic carbocycles. The summed E-state index contributed by atoms with van der Waals surface area (Å²) >= 11 is 0. The number of aromatic amines is 1. The third-order valence-corrected chi connectivity index (χ3v) is 1.52. The monoisotopic (exact) mass is 169 g/mol. The fraction of sp³-hybridized carbons (Fsp3) is 0.111. The first-order valence-corrected chi connectivity index (χ1v) is 3.47. The molecule has 0 bridgehead atoms. The van der Waals surface area contributed by atoms with Gasteiger partial charge in [0.1, 0.15) is 5.82 Å². The number of hydrogen-bond donors (Lipinski definition) is 1. The minimum Gasteiger partial charge on any atom is -0.361 e. The van der Waals surface area contributed by atoms with Crippen LogP contribution in [0.25, 0.3) is 10.9 Å². The van der Waals surface area contributed by atoms with E-state index in [9.17, 15) is 8.78 Å². The standard InChI is InChI=1S/C8H6FN.CH3F/c9-7-1-2-8-6(5-7)3-4-10-8;1-2/h1-5,10H;1H3. The van der Waals surface area contributed by atoms with E-state index in [1.165, 1.54) is 12.1 Å². The van der Waals surface area contributed by atoms with Gasteiger partial charge in [-0.05, 0) is 24.3 Å². The molecular formula is C9H9F2N. The Labute approximate surface area is 69.0 Å². The van der Waals surface area contributed by atoms with E-state index in [1.807, 2.05) is 6.07 Å². The molecule has 0 unspecified atom stereocenters. The lowest BCUT2D eigenvalue weighted by molar-refractivity contribution is 0.629. The summed E-state index contributed by atoms with van der Waals surface area (Å²) in [6, 6.07) is 6.52. The maximum Gasteiger partial charge on any atom is 0.123 e. The molecule has 0 atom stereocenters. The predicted octanol–water partition coefficient (Wildman–Crippen LogP) is 2.89. The second kappa shape index (κ2) is 3.85. The quantitative estimate of drug-likeness (QED) is 0.624. The van der Waals surface area contributed by atoms with Crippen molar-refractivity contribution in [2.75, 3.05) is 7.18 Å². The number of fused-ring (bicyclic) bond motifs is 1. The van der Waals surface area contributed by atoms with Crippen LogP contribution in [0.1, 0.15) is 0 Å². The molecule has 1 heterocycles. The minimum absolute atomic E-state index is 0.188. The smallest absolute Gasteiger partial charge is 0.123 e. The van der Waals surface area contributed by atoms with E-state index in [4.69, 9.17) is 0 Å². The first-order chi connectivity index (χ1) is 5.86. The summed E-state index contributed by atoms with van der Waals surface area (Å²) in [5.74, 6) is -0.188. The highest BCUT2D eigenvalue weighted by atomic mass is 19.1. The number of rotatable bonds is 0. The Morgan fingerprint density at radius 2 is 1.92 bits per heavy atom. The Morgan fingerprint density at radius 1 is 1.17 bits per heavy atom. The van der Waals surface area contributed by atoms with Crippen LogP contribution in [-0.4, -0.2) is 12.2 Å². The van der Waals surface area contributed by atoms with Crippen molar-refractivity contribution in [3.8, 4) is 0 Å². The molecule has 0 aliphatic carbocycles. The second-order valence-corrected chi connectivity index (χ2v) is 2.21. The fourth-order valence-corrected chi connectivity index (χ4v) is 1.02. The van der Waals surface area contributed by atoms with E-state index in [0.29, 0.717) is 7.18 Å². The molecule has 0 radical (unpaired) electrons. The topological polar surface area (TPSA) is 15.8 Å². The van der Waals surface area contributed by atoms with Crippen molar-refractivity contribution in [2.24, 2.45) is 0 Å². The molecule has 0 spiro atoms. The maximum absolute atomic E-state index is 12.5.